The first-order chi connectivity index (χ1) is 9.63. The van der Waals surface area contributed by atoms with Gasteiger partial charge in [-0.25, -0.2) is 9.59 Å². The van der Waals surface area contributed by atoms with Gasteiger partial charge in [-0.1, -0.05) is 0 Å². The number of nitrogens with one attached hydrogen (secondary N) is 2. The van der Waals surface area contributed by atoms with Gasteiger partial charge >= 0.3 is 12.0 Å². The number of carboxylic acids is 1. The van der Waals surface area contributed by atoms with Crippen LogP contribution in [0.1, 0.15) is 12.8 Å². The van der Waals surface area contributed by atoms with Gasteiger partial charge in [0, 0.05) is 25.5 Å². The van der Waals surface area contributed by atoms with E-state index in [1.165, 1.54) is 0 Å². The normalized spacial score (nSPS) is 11.8. The van der Waals surface area contributed by atoms with Crippen LogP contribution in [0.15, 0.2) is 18.5 Å². The van der Waals surface area contributed by atoms with E-state index in [0.717, 1.165) is 6.42 Å². The zero-order valence-electron chi connectivity index (χ0n) is 11.4. The van der Waals surface area contributed by atoms with E-state index in [4.69, 9.17) is 5.11 Å². The summed E-state index contributed by atoms with van der Waals surface area (Å²) < 4.78 is 1.78. The number of amides is 2. The van der Waals surface area contributed by atoms with Gasteiger partial charge in [-0.3, -0.25) is 4.68 Å². The van der Waals surface area contributed by atoms with Crippen molar-refractivity contribution >= 4 is 23.8 Å². The summed E-state index contributed by atoms with van der Waals surface area (Å²) in [7, 11) is 0. The maximum atomic E-state index is 11.6. The largest absolute Gasteiger partial charge is 0.480 e. The lowest BCUT2D eigenvalue weighted by atomic mass is 10.2. The molecule has 0 aliphatic rings. The predicted molar refractivity (Wildman–Crippen MR) is 77.8 cm³/mol. The summed E-state index contributed by atoms with van der Waals surface area (Å²) in [5.74, 6) is -0.318. The minimum atomic E-state index is -1.01. The number of hydrogen-bond donors (Lipinski definition) is 3. The Balaban J connectivity index is 2.18. The number of carbonyl (C=O) groups excluding carboxylic acids is 1. The van der Waals surface area contributed by atoms with E-state index in [1.807, 2.05) is 18.5 Å². The lowest BCUT2D eigenvalue weighted by Gasteiger charge is -2.14. The van der Waals surface area contributed by atoms with E-state index in [0.29, 0.717) is 25.3 Å². The van der Waals surface area contributed by atoms with E-state index in [1.54, 1.807) is 22.6 Å². The molecule has 0 aliphatic carbocycles. The molecule has 0 aromatic carbocycles. The summed E-state index contributed by atoms with van der Waals surface area (Å²) in [6.45, 7) is 1.18. The van der Waals surface area contributed by atoms with Gasteiger partial charge in [-0.05, 0) is 30.9 Å². The molecule has 8 heteroatoms. The standard InChI is InChI=1S/C12H20N4O3S/c1-20-9-4-10(11(17)18)15-12(19)13-5-2-7-16-8-3-6-14-16/h3,6,8,10H,2,4-5,7,9H2,1H3,(H,17,18)(H2,13,15,19)/t10-/m0/s1. The van der Waals surface area contributed by atoms with Crippen LogP contribution in [0.4, 0.5) is 4.79 Å². The lowest BCUT2D eigenvalue weighted by molar-refractivity contribution is -0.139. The van der Waals surface area contributed by atoms with Crippen molar-refractivity contribution in [3.63, 3.8) is 0 Å². The van der Waals surface area contributed by atoms with Crippen molar-refractivity contribution in [2.75, 3.05) is 18.6 Å². The van der Waals surface area contributed by atoms with Crippen LogP contribution in [0.25, 0.3) is 0 Å². The quantitative estimate of drug-likeness (QED) is 0.586. The van der Waals surface area contributed by atoms with Gasteiger partial charge in [0.15, 0.2) is 0 Å². The van der Waals surface area contributed by atoms with E-state index in [-0.39, 0.29) is 0 Å². The second kappa shape index (κ2) is 9.24. The number of urea groups is 1. The zero-order chi connectivity index (χ0) is 14.8. The summed E-state index contributed by atoms with van der Waals surface area (Å²) in [5.41, 5.74) is 0. The number of hydrogen-bond acceptors (Lipinski definition) is 4. The van der Waals surface area contributed by atoms with Crippen molar-refractivity contribution in [3.8, 4) is 0 Å². The van der Waals surface area contributed by atoms with Crippen LogP contribution in [-0.4, -0.2) is 51.5 Å². The molecule has 20 heavy (non-hydrogen) atoms. The van der Waals surface area contributed by atoms with Crippen LogP contribution < -0.4 is 10.6 Å². The van der Waals surface area contributed by atoms with Crippen LogP contribution in [-0.2, 0) is 11.3 Å². The number of aliphatic carboxylic acids is 1. The maximum Gasteiger partial charge on any atom is 0.326 e. The summed E-state index contributed by atoms with van der Waals surface area (Å²) in [6.07, 6.45) is 6.59. The number of nitrogens with zero attached hydrogens (tertiary/aromatic N) is 2. The van der Waals surface area contributed by atoms with E-state index >= 15 is 0 Å². The number of carbonyl (C=O) groups is 2. The first-order valence-electron chi connectivity index (χ1n) is 6.37. The maximum absolute atomic E-state index is 11.6. The molecule has 1 aromatic rings. The molecule has 1 rings (SSSR count). The van der Waals surface area contributed by atoms with Crippen LogP contribution in [0, 0.1) is 0 Å². The molecule has 3 N–H and O–H groups in total. The molecule has 0 aliphatic heterocycles. The Morgan fingerprint density at radius 2 is 2.30 bits per heavy atom. The number of rotatable bonds is 9. The minimum absolute atomic E-state index is 0.414. The third kappa shape index (κ3) is 6.46. The van der Waals surface area contributed by atoms with E-state index in [9.17, 15) is 9.59 Å². The Kier molecular flexibility index (Phi) is 7.56. The third-order valence-electron chi connectivity index (χ3n) is 2.62. The zero-order valence-corrected chi connectivity index (χ0v) is 12.2. The molecular weight excluding hydrogens is 280 g/mol. The van der Waals surface area contributed by atoms with Crippen LogP contribution >= 0.6 is 11.8 Å². The SMILES string of the molecule is CSCC[C@H](NC(=O)NCCCn1cccn1)C(=O)O. The van der Waals surface area contributed by atoms with Crippen molar-refractivity contribution in [2.24, 2.45) is 0 Å². The number of thioether (sulfide) groups is 1. The van der Waals surface area contributed by atoms with Crippen molar-refractivity contribution in [3.05, 3.63) is 18.5 Å². The molecule has 0 saturated heterocycles. The molecular formula is C12H20N4O3S. The number of aromatic nitrogens is 2. The Hall–Kier alpha value is -1.70. The van der Waals surface area contributed by atoms with Gasteiger partial charge in [0.05, 0.1) is 0 Å². The molecule has 1 heterocycles. The smallest absolute Gasteiger partial charge is 0.326 e. The van der Waals surface area contributed by atoms with Crippen molar-refractivity contribution in [2.45, 2.75) is 25.4 Å². The Morgan fingerprint density at radius 1 is 1.50 bits per heavy atom. The van der Waals surface area contributed by atoms with Gasteiger partial charge in [0.2, 0.25) is 0 Å². The second-order valence-corrected chi connectivity index (χ2v) is 5.18. The van der Waals surface area contributed by atoms with E-state index in [2.05, 4.69) is 15.7 Å². The fourth-order valence-corrected chi connectivity index (χ4v) is 2.05. The number of carboxylic acid groups (broad SMARTS) is 1. The Labute approximate surface area is 122 Å². The highest BCUT2D eigenvalue weighted by molar-refractivity contribution is 7.98. The topological polar surface area (TPSA) is 96.3 Å². The highest BCUT2D eigenvalue weighted by Gasteiger charge is 2.18. The first kappa shape index (κ1) is 16.4. The summed E-state index contributed by atoms with van der Waals surface area (Å²) in [6, 6.07) is 0.552. The molecule has 0 saturated carbocycles. The van der Waals surface area contributed by atoms with Crippen molar-refractivity contribution in [1.29, 1.82) is 0 Å². The summed E-state index contributed by atoms with van der Waals surface area (Å²) in [5, 5.41) is 18.1. The predicted octanol–water partition coefficient (Wildman–Crippen LogP) is 0.779. The molecule has 0 spiro atoms. The average Bonchev–Trinajstić information content (AvgIpc) is 2.92. The molecule has 0 unspecified atom stereocenters. The van der Waals surface area contributed by atoms with Crippen molar-refractivity contribution in [1.82, 2.24) is 20.4 Å². The van der Waals surface area contributed by atoms with Gasteiger partial charge in [0.1, 0.15) is 6.04 Å². The molecule has 1 atom stereocenters. The summed E-state index contributed by atoms with van der Waals surface area (Å²) in [4.78, 5) is 22.5. The van der Waals surface area contributed by atoms with Crippen molar-refractivity contribution < 1.29 is 14.7 Å². The average molecular weight is 300 g/mol. The molecule has 2 amide bonds. The van der Waals surface area contributed by atoms with Gasteiger partial charge < -0.3 is 15.7 Å². The highest BCUT2D eigenvalue weighted by Crippen LogP contribution is 2.00. The molecule has 1 aromatic heterocycles. The molecule has 112 valence electrons. The van der Waals surface area contributed by atoms with Gasteiger partial charge in [-0.2, -0.15) is 16.9 Å². The molecule has 0 radical (unpaired) electrons. The highest BCUT2D eigenvalue weighted by atomic mass is 32.2. The fraction of sp³-hybridized carbons (Fsp3) is 0.583. The fourth-order valence-electron chi connectivity index (χ4n) is 1.58. The molecule has 0 bridgehead atoms. The van der Waals surface area contributed by atoms with E-state index < -0.39 is 18.0 Å². The first-order valence-corrected chi connectivity index (χ1v) is 7.76. The third-order valence-corrected chi connectivity index (χ3v) is 3.27. The summed E-state index contributed by atoms with van der Waals surface area (Å²) >= 11 is 1.55. The number of aryl methyl sites for hydroxylation is 1. The lowest BCUT2D eigenvalue weighted by Crippen LogP contribution is -2.46. The second-order valence-electron chi connectivity index (χ2n) is 4.20. The van der Waals surface area contributed by atoms with Crippen LogP contribution in [0.2, 0.25) is 0 Å². The monoisotopic (exact) mass is 300 g/mol. The Bertz CT molecular complexity index is 411. The molecule has 0 fully saturated rings. The van der Waals surface area contributed by atoms with Crippen LogP contribution in [0.3, 0.4) is 0 Å². The minimum Gasteiger partial charge on any atom is -0.480 e. The Morgan fingerprint density at radius 3 is 2.90 bits per heavy atom. The van der Waals surface area contributed by atoms with Crippen LogP contribution in [0.5, 0.6) is 0 Å². The van der Waals surface area contributed by atoms with Gasteiger partial charge in [0.25, 0.3) is 0 Å². The van der Waals surface area contributed by atoms with Gasteiger partial charge in [-0.15, -0.1) is 0 Å². The molecule has 7 nitrogen and oxygen atoms in total.